The van der Waals surface area contributed by atoms with Gasteiger partial charge in [-0.3, -0.25) is 14.5 Å². The largest absolute Gasteiger partial charge is 0.292 e. The molecular weight excluding hydrogens is 286 g/mol. The summed E-state index contributed by atoms with van der Waals surface area (Å²) < 4.78 is 1.81. The van der Waals surface area contributed by atoms with Gasteiger partial charge in [0.05, 0.1) is 22.8 Å². The molecule has 0 saturated heterocycles. The predicted molar refractivity (Wildman–Crippen MR) is 83.9 cm³/mol. The standard InChI is InChI=1S/C16H20ClN3O/c1-4-11-8-7-9-18-16(11)14(21)10-13-15(17)12(5-2)19-20(13)6-3/h7-9H,4-6,10H2,1-3H3. The smallest absolute Gasteiger partial charge is 0.187 e. The Balaban J connectivity index is 2.33. The summed E-state index contributed by atoms with van der Waals surface area (Å²) in [6, 6.07) is 3.80. The number of pyridine rings is 1. The molecule has 0 aromatic carbocycles. The van der Waals surface area contributed by atoms with Crippen molar-refractivity contribution in [2.24, 2.45) is 0 Å². The van der Waals surface area contributed by atoms with Crippen LogP contribution in [-0.4, -0.2) is 20.5 Å². The Bertz CT molecular complexity index is 649. The van der Waals surface area contributed by atoms with E-state index < -0.39 is 0 Å². The summed E-state index contributed by atoms with van der Waals surface area (Å²) in [6.07, 6.45) is 3.44. The first-order chi connectivity index (χ1) is 10.1. The maximum absolute atomic E-state index is 12.5. The normalized spacial score (nSPS) is 10.9. The molecule has 0 aliphatic heterocycles. The quantitative estimate of drug-likeness (QED) is 0.767. The van der Waals surface area contributed by atoms with Gasteiger partial charge in [0.1, 0.15) is 5.69 Å². The molecule has 0 bridgehead atoms. The average molecular weight is 306 g/mol. The highest BCUT2D eigenvalue weighted by Gasteiger charge is 2.20. The van der Waals surface area contributed by atoms with Crippen LogP contribution in [0.25, 0.3) is 0 Å². The van der Waals surface area contributed by atoms with Gasteiger partial charge in [-0.1, -0.05) is 31.5 Å². The van der Waals surface area contributed by atoms with E-state index in [0.29, 0.717) is 17.3 Å². The minimum Gasteiger partial charge on any atom is -0.292 e. The molecule has 2 aromatic heterocycles. The molecule has 0 aliphatic carbocycles. The molecule has 0 spiro atoms. The van der Waals surface area contributed by atoms with Crippen LogP contribution < -0.4 is 0 Å². The summed E-state index contributed by atoms with van der Waals surface area (Å²) in [6.45, 7) is 6.72. The summed E-state index contributed by atoms with van der Waals surface area (Å²) in [5, 5.41) is 5.06. The van der Waals surface area contributed by atoms with E-state index >= 15 is 0 Å². The molecule has 2 aromatic rings. The van der Waals surface area contributed by atoms with Crippen LogP contribution in [0.1, 0.15) is 48.2 Å². The highest BCUT2D eigenvalue weighted by Crippen LogP contribution is 2.23. The molecular formula is C16H20ClN3O. The van der Waals surface area contributed by atoms with E-state index in [1.807, 2.05) is 37.6 Å². The second kappa shape index (κ2) is 6.85. The molecule has 0 radical (unpaired) electrons. The molecule has 0 atom stereocenters. The molecule has 0 fully saturated rings. The lowest BCUT2D eigenvalue weighted by Crippen LogP contribution is -2.13. The van der Waals surface area contributed by atoms with Gasteiger partial charge in [0.2, 0.25) is 0 Å². The third kappa shape index (κ3) is 3.16. The zero-order valence-electron chi connectivity index (χ0n) is 12.7. The highest BCUT2D eigenvalue weighted by atomic mass is 35.5. The molecule has 0 amide bonds. The Labute approximate surface area is 130 Å². The number of nitrogens with zero attached hydrogens (tertiary/aromatic N) is 3. The summed E-state index contributed by atoms with van der Waals surface area (Å²) in [4.78, 5) is 16.8. The Morgan fingerprint density at radius 3 is 2.67 bits per heavy atom. The SMILES string of the molecule is CCc1cccnc1C(=O)Cc1c(Cl)c(CC)nn1CC. The van der Waals surface area contributed by atoms with Crippen molar-refractivity contribution in [2.75, 3.05) is 0 Å². The van der Waals surface area contributed by atoms with Crippen LogP contribution in [0.3, 0.4) is 0 Å². The molecule has 0 unspecified atom stereocenters. The van der Waals surface area contributed by atoms with Gasteiger partial charge in [-0.05, 0) is 31.4 Å². The van der Waals surface area contributed by atoms with Crippen LogP contribution in [0, 0.1) is 0 Å². The van der Waals surface area contributed by atoms with Crippen LogP contribution in [0.15, 0.2) is 18.3 Å². The van der Waals surface area contributed by atoms with Crippen LogP contribution >= 0.6 is 11.6 Å². The van der Waals surface area contributed by atoms with Crippen molar-refractivity contribution in [3.05, 3.63) is 46.0 Å². The number of ketones is 1. The first-order valence-electron chi connectivity index (χ1n) is 7.33. The predicted octanol–water partition coefficient (Wildman–Crippen LogP) is 3.50. The van der Waals surface area contributed by atoms with Gasteiger partial charge in [0.25, 0.3) is 0 Å². The molecule has 0 N–H and O–H groups in total. The fourth-order valence-electron chi connectivity index (χ4n) is 2.40. The molecule has 2 rings (SSSR count). The Morgan fingerprint density at radius 1 is 1.29 bits per heavy atom. The molecule has 4 nitrogen and oxygen atoms in total. The van der Waals surface area contributed by atoms with E-state index in [4.69, 9.17) is 11.6 Å². The van der Waals surface area contributed by atoms with Gasteiger partial charge < -0.3 is 0 Å². The first kappa shape index (κ1) is 15.7. The summed E-state index contributed by atoms with van der Waals surface area (Å²) in [7, 11) is 0. The zero-order valence-corrected chi connectivity index (χ0v) is 13.4. The average Bonchev–Trinajstić information content (AvgIpc) is 2.83. The summed E-state index contributed by atoms with van der Waals surface area (Å²) in [5.74, 6) is -0.00777. The second-order valence-electron chi connectivity index (χ2n) is 4.84. The van der Waals surface area contributed by atoms with Crippen LogP contribution in [0.5, 0.6) is 0 Å². The highest BCUT2D eigenvalue weighted by molar-refractivity contribution is 6.32. The van der Waals surface area contributed by atoms with Gasteiger partial charge in [-0.15, -0.1) is 0 Å². The Kier molecular flexibility index (Phi) is 5.12. The van der Waals surface area contributed by atoms with Gasteiger partial charge in [0, 0.05) is 12.7 Å². The van der Waals surface area contributed by atoms with Crippen molar-refractivity contribution in [1.29, 1.82) is 0 Å². The first-order valence-corrected chi connectivity index (χ1v) is 7.71. The van der Waals surface area contributed by atoms with E-state index in [2.05, 4.69) is 10.1 Å². The number of Topliss-reactive ketones (excluding diaryl/α,β-unsaturated/α-hetero) is 1. The summed E-state index contributed by atoms with van der Waals surface area (Å²) in [5.41, 5.74) is 3.14. The molecule has 0 aliphatic rings. The number of hydrogen-bond acceptors (Lipinski definition) is 3. The maximum atomic E-state index is 12.5. The third-order valence-electron chi connectivity index (χ3n) is 3.56. The van der Waals surface area contributed by atoms with E-state index in [1.54, 1.807) is 6.20 Å². The maximum Gasteiger partial charge on any atom is 0.187 e. The van der Waals surface area contributed by atoms with Crippen molar-refractivity contribution in [1.82, 2.24) is 14.8 Å². The van der Waals surface area contributed by atoms with Crippen molar-refractivity contribution in [3.8, 4) is 0 Å². The van der Waals surface area contributed by atoms with E-state index in [-0.39, 0.29) is 12.2 Å². The molecule has 0 saturated carbocycles. The van der Waals surface area contributed by atoms with E-state index in [0.717, 1.165) is 29.8 Å². The van der Waals surface area contributed by atoms with Crippen LogP contribution in [0.4, 0.5) is 0 Å². The van der Waals surface area contributed by atoms with Crippen LogP contribution in [-0.2, 0) is 25.8 Å². The monoisotopic (exact) mass is 305 g/mol. The van der Waals surface area contributed by atoms with Gasteiger partial charge in [-0.25, -0.2) is 0 Å². The lowest BCUT2D eigenvalue weighted by Gasteiger charge is -2.07. The zero-order chi connectivity index (χ0) is 15.4. The Hall–Kier alpha value is -1.68. The lowest BCUT2D eigenvalue weighted by atomic mass is 10.0. The Morgan fingerprint density at radius 2 is 2.05 bits per heavy atom. The molecule has 2 heterocycles. The van der Waals surface area contributed by atoms with Gasteiger partial charge >= 0.3 is 0 Å². The fourth-order valence-corrected chi connectivity index (χ4v) is 2.73. The minimum absolute atomic E-state index is 0.00777. The van der Waals surface area contributed by atoms with Gasteiger partial charge in [0.15, 0.2) is 5.78 Å². The summed E-state index contributed by atoms with van der Waals surface area (Å²) >= 11 is 6.36. The number of hydrogen-bond donors (Lipinski definition) is 0. The van der Waals surface area contributed by atoms with Crippen molar-refractivity contribution in [2.45, 2.75) is 46.6 Å². The molecule has 112 valence electrons. The van der Waals surface area contributed by atoms with E-state index in [9.17, 15) is 4.79 Å². The van der Waals surface area contributed by atoms with Crippen molar-refractivity contribution >= 4 is 17.4 Å². The number of carbonyl (C=O) groups is 1. The third-order valence-corrected chi connectivity index (χ3v) is 3.99. The number of aromatic nitrogens is 3. The topological polar surface area (TPSA) is 47.8 Å². The number of halogens is 1. The van der Waals surface area contributed by atoms with Crippen molar-refractivity contribution in [3.63, 3.8) is 0 Å². The number of rotatable bonds is 6. The number of aryl methyl sites for hydroxylation is 3. The van der Waals surface area contributed by atoms with Crippen LogP contribution in [0.2, 0.25) is 5.02 Å². The van der Waals surface area contributed by atoms with Crippen molar-refractivity contribution < 1.29 is 4.79 Å². The van der Waals surface area contributed by atoms with E-state index in [1.165, 1.54) is 0 Å². The number of carbonyl (C=O) groups excluding carboxylic acids is 1. The lowest BCUT2D eigenvalue weighted by molar-refractivity contribution is 0.0985. The fraction of sp³-hybridized carbons (Fsp3) is 0.438. The molecule has 21 heavy (non-hydrogen) atoms. The second-order valence-corrected chi connectivity index (χ2v) is 5.22. The molecule has 5 heteroatoms. The minimum atomic E-state index is -0.00777. The van der Waals surface area contributed by atoms with Gasteiger partial charge in [-0.2, -0.15) is 5.10 Å².